The zero-order chi connectivity index (χ0) is 20.8. The van der Waals surface area contributed by atoms with Gasteiger partial charge in [0.2, 0.25) is 5.91 Å². The van der Waals surface area contributed by atoms with Gasteiger partial charge in [-0.3, -0.25) is 14.5 Å². The molecule has 1 saturated heterocycles. The molecule has 1 atom stereocenters. The molecule has 4 rings (SSSR count). The third-order valence-corrected chi connectivity index (χ3v) is 6.22. The van der Waals surface area contributed by atoms with Crippen LogP contribution in [0.5, 0.6) is 0 Å². The summed E-state index contributed by atoms with van der Waals surface area (Å²) in [6, 6.07) is 3.54. The van der Waals surface area contributed by atoms with Gasteiger partial charge in [-0.1, -0.05) is 6.92 Å². The van der Waals surface area contributed by atoms with Crippen molar-refractivity contribution >= 4 is 11.8 Å². The number of amides is 2. The van der Waals surface area contributed by atoms with Crippen molar-refractivity contribution in [1.82, 2.24) is 10.2 Å². The SMILES string of the molecule is CC1CCC2(CC1)OC[C@@H](C(=O)NC1CC1)N2C(=O)c1ccc(C(F)(F)F)cc1. The minimum Gasteiger partial charge on any atom is -0.353 e. The number of hydrogen-bond donors (Lipinski definition) is 1. The average Bonchev–Trinajstić information content (AvgIpc) is 3.42. The van der Waals surface area contributed by atoms with Gasteiger partial charge < -0.3 is 10.1 Å². The molecular weight excluding hydrogens is 385 g/mol. The summed E-state index contributed by atoms with van der Waals surface area (Å²) in [5.74, 6) is -0.198. The fourth-order valence-electron chi connectivity index (χ4n) is 4.25. The number of rotatable bonds is 3. The Labute approximate surface area is 167 Å². The molecule has 1 aromatic rings. The molecule has 3 fully saturated rings. The second-order valence-corrected chi connectivity index (χ2v) is 8.49. The van der Waals surface area contributed by atoms with E-state index in [9.17, 15) is 22.8 Å². The highest BCUT2D eigenvalue weighted by atomic mass is 19.4. The van der Waals surface area contributed by atoms with E-state index < -0.39 is 29.4 Å². The quantitative estimate of drug-likeness (QED) is 0.826. The van der Waals surface area contributed by atoms with Crippen LogP contribution < -0.4 is 5.32 Å². The van der Waals surface area contributed by atoms with Crippen molar-refractivity contribution in [2.24, 2.45) is 5.92 Å². The smallest absolute Gasteiger partial charge is 0.353 e. The van der Waals surface area contributed by atoms with Crippen molar-refractivity contribution in [3.8, 4) is 0 Å². The predicted octanol–water partition coefficient (Wildman–Crippen LogP) is 3.73. The van der Waals surface area contributed by atoms with Crippen molar-refractivity contribution in [3.05, 3.63) is 35.4 Å². The van der Waals surface area contributed by atoms with Gasteiger partial charge in [-0.05, 0) is 68.7 Å². The van der Waals surface area contributed by atoms with Crippen LogP contribution >= 0.6 is 0 Å². The fourth-order valence-corrected chi connectivity index (χ4v) is 4.25. The van der Waals surface area contributed by atoms with E-state index in [1.165, 1.54) is 17.0 Å². The van der Waals surface area contributed by atoms with Crippen LogP contribution in [0, 0.1) is 5.92 Å². The third-order valence-electron chi connectivity index (χ3n) is 6.22. The number of carbonyl (C=O) groups excluding carboxylic acids is 2. The molecule has 0 bridgehead atoms. The van der Waals surface area contributed by atoms with Crippen LogP contribution in [-0.2, 0) is 15.7 Å². The van der Waals surface area contributed by atoms with Gasteiger partial charge in [0, 0.05) is 11.6 Å². The summed E-state index contributed by atoms with van der Waals surface area (Å²) in [6.45, 7) is 2.25. The Bertz CT molecular complexity index is 781. The molecule has 0 unspecified atom stereocenters. The lowest BCUT2D eigenvalue weighted by Gasteiger charge is -2.43. The molecule has 1 spiro atoms. The number of halogens is 3. The Kier molecular flexibility index (Phi) is 5.09. The molecule has 1 aliphatic heterocycles. The van der Waals surface area contributed by atoms with E-state index in [1.807, 2.05) is 0 Å². The highest BCUT2D eigenvalue weighted by Crippen LogP contribution is 2.43. The molecule has 1 heterocycles. The molecule has 29 heavy (non-hydrogen) atoms. The zero-order valence-corrected chi connectivity index (χ0v) is 16.3. The molecule has 8 heteroatoms. The van der Waals surface area contributed by atoms with Crippen LogP contribution in [0.3, 0.4) is 0 Å². The largest absolute Gasteiger partial charge is 0.416 e. The maximum Gasteiger partial charge on any atom is 0.416 e. The molecule has 158 valence electrons. The van der Waals surface area contributed by atoms with E-state index in [4.69, 9.17) is 4.74 Å². The van der Waals surface area contributed by atoms with Crippen LogP contribution in [0.2, 0.25) is 0 Å². The molecule has 1 aromatic carbocycles. The van der Waals surface area contributed by atoms with Crippen LogP contribution in [0.25, 0.3) is 0 Å². The van der Waals surface area contributed by atoms with E-state index in [0.717, 1.165) is 37.8 Å². The molecule has 2 amide bonds. The topological polar surface area (TPSA) is 58.6 Å². The molecule has 2 saturated carbocycles. The summed E-state index contributed by atoms with van der Waals surface area (Å²) in [4.78, 5) is 27.6. The first-order chi connectivity index (χ1) is 13.7. The molecule has 0 radical (unpaired) electrons. The zero-order valence-electron chi connectivity index (χ0n) is 16.3. The third kappa shape index (κ3) is 3.99. The highest BCUT2D eigenvalue weighted by molar-refractivity contribution is 5.98. The normalized spacial score (nSPS) is 29.9. The lowest BCUT2D eigenvalue weighted by Crippen LogP contribution is -2.57. The Morgan fingerprint density at radius 1 is 1.10 bits per heavy atom. The summed E-state index contributed by atoms with van der Waals surface area (Å²) in [5.41, 5.74) is -1.54. The van der Waals surface area contributed by atoms with Gasteiger partial charge in [-0.15, -0.1) is 0 Å². The second-order valence-electron chi connectivity index (χ2n) is 8.49. The van der Waals surface area contributed by atoms with Crippen LogP contribution in [0.15, 0.2) is 24.3 Å². The number of ether oxygens (including phenoxy) is 1. The number of alkyl halides is 3. The summed E-state index contributed by atoms with van der Waals surface area (Å²) in [5, 5.41) is 2.93. The van der Waals surface area contributed by atoms with Gasteiger partial charge >= 0.3 is 6.18 Å². The maximum absolute atomic E-state index is 13.4. The van der Waals surface area contributed by atoms with Gasteiger partial charge in [-0.2, -0.15) is 13.2 Å². The van der Waals surface area contributed by atoms with Crippen molar-refractivity contribution in [1.29, 1.82) is 0 Å². The number of nitrogens with zero attached hydrogens (tertiary/aromatic N) is 1. The minimum absolute atomic E-state index is 0.110. The highest BCUT2D eigenvalue weighted by Gasteiger charge is 2.54. The summed E-state index contributed by atoms with van der Waals surface area (Å²) < 4.78 is 44.7. The van der Waals surface area contributed by atoms with E-state index in [2.05, 4.69) is 12.2 Å². The summed E-state index contributed by atoms with van der Waals surface area (Å²) in [7, 11) is 0. The maximum atomic E-state index is 13.4. The number of benzene rings is 1. The standard InChI is InChI=1S/C21H25F3N2O3/c1-13-8-10-20(11-9-13)26(17(12-29-20)18(27)25-16-6-7-16)19(28)14-2-4-15(5-3-14)21(22,23)24/h2-5,13,16-17H,6-12H2,1H3,(H,25,27)/t13?,17-,20?/m0/s1. The molecule has 2 aliphatic carbocycles. The van der Waals surface area contributed by atoms with Crippen molar-refractivity contribution in [2.45, 2.75) is 69.4 Å². The van der Waals surface area contributed by atoms with E-state index in [0.29, 0.717) is 18.8 Å². The molecule has 3 aliphatic rings. The Morgan fingerprint density at radius 2 is 1.72 bits per heavy atom. The van der Waals surface area contributed by atoms with Crippen LogP contribution in [0.4, 0.5) is 13.2 Å². The summed E-state index contributed by atoms with van der Waals surface area (Å²) in [6.07, 6.45) is 0.360. The molecule has 0 aromatic heterocycles. The van der Waals surface area contributed by atoms with Gasteiger partial charge in [0.1, 0.15) is 11.8 Å². The first kappa shape index (κ1) is 20.2. The number of hydrogen-bond acceptors (Lipinski definition) is 3. The van der Waals surface area contributed by atoms with Gasteiger partial charge in [0.05, 0.1) is 12.2 Å². The Morgan fingerprint density at radius 3 is 2.28 bits per heavy atom. The molecule has 5 nitrogen and oxygen atoms in total. The first-order valence-electron chi connectivity index (χ1n) is 10.1. The minimum atomic E-state index is -4.47. The van der Waals surface area contributed by atoms with Crippen LogP contribution in [0.1, 0.15) is 61.4 Å². The Hall–Kier alpha value is -2.09. The van der Waals surface area contributed by atoms with E-state index >= 15 is 0 Å². The van der Waals surface area contributed by atoms with Crippen molar-refractivity contribution in [3.63, 3.8) is 0 Å². The lowest BCUT2D eigenvalue weighted by atomic mass is 9.83. The van der Waals surface area contributed by atoms with Gasteiger partial charge in [-0.25, -0.2) is 0 Å². The van der Waals surface area contributed by atoms with E-state index in [-0.39, 0.29) is 24.1 Å². The van der Waals surface area contributed by atoms with Crippen molar-refractivity contribution in [2.75, 3.05) is 6.61 Å². The van der Waals surface area contributed by atoms with Gasteiger partial charge in [0.25, 0.3) is 5.91 Å². The summed E-state index contributed by atoms with van der Waals surface area (Å²) >= 11 is 0. The molecular formula is C21H25F3N2O3. The second kappa shape index (κ2) is 7.31. The molecule has 1 N–H and O–H groups in total. The fraction of sp³-hybridized carbons (Fsp3) is 0.619. The number of carbonyl (C=O) groups is 2. The Balaban J connectivity index is 1.62. The average molecular weight is 410 g/mol. The monoisotopic (exact) mass is 410 g/mol. The number of nitrogens with one attached hydrogen (secondary N) is 1. The van der Waals surface area contributed by atoms with Crippen LogP contribution in [-0.4, -0.2) is 41.1 Å². The van der Waals surface area contributed by atoms with E-state index in [1.54, 1.807) is 0 Å². The first-order valence-corrected chi connectivity index (χ1v) is 10.1. The van der Waals surface area contributed by atoms with Gasteiger partial charge in [0.15, 0.2) is 0 Å². The van der Waals surface area contributed by atoms with Crippen molar-refractivity contribution < 1.29 is 27.5 Å². The predicted molar refractivity (Wildman–Crippen MR) is 98.9 cm³/mol. The lowest BCUT2D eigenvalue weighted by molar-refractivity contribution is -0.137.